The number of aryl methyl sites for hydroxylation is 2. The number of nitrogens with zero attached hydrogens (tertiary/aromatic N) is 2. The van der Waals surface area contributed by atoms with Gasteiger partial charge in [0.2, 0.25) is 5.95 Å². The fourth-order valence-corrected chi connectivity index (χ4v) is 3.12. The Hall–Kier alpha value is -4.19. The van der Waals surface area contributed by atoms with Gasteiger partial charge in [-0.05, 0) is 68.4 Å². The number of para-hydroxylation sites is 2. The van der Waals surface area contributed by atoms with Gasteiger partial charge in [0, 0.05) is 17.1 Å². The molecule has 0 aliphatic rings. The van der Waals surface area contributed by atoms with Crippen LogP contribution in [0.15, 0.2) is 84.9 Å². The number of ether oxygens (including phenoxy) is 1. The summed E-state index contributed by atoms with van der Waals surface area (Å²) in [6, 6.07) is 25.9. The molecular formula is C25H22N4O2. The molecule has 0 unspecified atom stereocenters. The molecule has 1 amide bonds. The molecule has 4 aromatic rings. The minimum absolute atomic E-state index is 0.232. The third-order valence-electron chi connectivity index (χ3n) is 4.49. The van der Waals surface area contributed by atoms with Crippen molar-refractivity contribution in [3.05, 3.63) is 102 Å². The Morgan fingerprint density at radius 3 is 2.10 bits per heavy atom. The second kappa shape index (κ2) is 9.09. The molecule has 0 saturated heterocycles. The third kappa shape index (κ3) is 5.25. The van der Waals surface area contributed by atoms with Crippen molar-refractivity contribution in [3.8, 4) is 11.5 Å². The number of anilines is 3. The lowest BCUT2D eigenvalue weighted by atomic mass is 10.1. The minimum atomic E-state index is -0.232. The highest BCUT2D eigenvalue weighted by Gasteiger charge is 2.13. The van der Waals surface area contributed by atoms with Crippen molar-refractivity contribution in [3.63, 3.8) is 0 Å². The molecule has 0 bridgehead atoms. The van der Waals surface area contributed by atoms with Gasteiger partial charge in [0.1, 0.15) is 11.5 Å². The van der Waals surface area contributed by atoms with Gasteiger partial charge in [0.25, 0.3) is 5.91 Å². The predicted octanol–water partition coefficient (Wildman–Crippen LogP) is 5.88. The Morgan fingerprint density at radius 2 is 1.39 bits per heavy atom. The van der Waals surface area contributed by atoms with Crippen LogP contribution in [0, 0.1) is 13.8 Å². The van der Waals surface area contributed by atoms with E-state index in [1.165, 1.54) is 0 Å². The largest absolute Gasteiger partial charge is 0.457 e. The van der Waals surface area contributed by atoms with Crippen molar-refractivity contribution in [2.75, 3.05) is 10.6 Å². The van der Waals surface area contributed by atoms with Gasteiger partial charge in [0.15, 0.2) is 0 Å². The van der Waals surface area contributed by atoms with Gasteiger partial charge in [-0.2, -0.15) is 0 Å². The van der Waals surface area contributed by atoms with Gasteiger partial charge in [-0.1, -0.05) is 30.3 Å². The molecule has 1 heterocycles. The number of hydrogen-bond acceptors (Lipinski definition) is 5. The molecule has 0 aliphatic carbocycles. The Balaban J connectivity index is 1.47. The van der Waals surface area contributed by atoms with Crippen molar-refractivity contribution in [2.24, 2.45) is 0 Å². The molecule has 2 N–H and O–H groups in total. The molecule has 0 atom stereocenters. The molecule has 6 heteroatoms. The minimum Gasteiger partial charge on any atom is -0.457 e. The van der Waals surface area contributed by atoms with Crippen LogP contribution in [0.25, 0.3) is 0 Å². The summed E-state index contributed by atoms with van der Waals surface area (Å²) in [4.78, 5) is 21.7. The van der Waals surface area contributed by atoms with E-state index in [9.17, 15) is 4.79 Å². The normalized spacial score (nSPS) is 10.4. The highest BCUT2D eigenvalue weighted by molar-refractivity contribution is 6.08. The zero-order valence-corrected chi connectivity index (χ0v) is 17.3. The van der Waals surface area contributed by atoms with E-state index < -0.39 is 0 Å². The van der Waals surface area contributed by atoms with Gasteiger partial charge in [0.05, 0.1) is 11.3 Å². The second-order valence-electron chi connectivity index (χ2n) is 7.04. The summed E-state index contributed by atoms with van der Waals surface area (Å²) in [5.41, 5.74) is 3.51. The van der Waals surface area contributed by atoms with Crippen LogP contribution >= 0.6 is 0 Å². The zero-order valence-electron chi connectivity index (χ0n) is 17.3. The summed E-state index contributed by atoms with van der Waals surface area (Å²) in [5.74, 6) is 1.68. The number of carbonyl (C=O) groups excluding carboxylic acids is 1. The maximum atomic E-state index is 12.9. The van der Waals surface area contributed by atoms with E-state index in [1.807, 2.05) is 80.6 Å². The van der Waals surface area contributed by atoms with Crippen LogP contribution in [0.2, 0.25) is 0 Å². The topological polar surface area (TPSA) is 76.1 Å². The molecule has 0 radical (unpaired) electrons. The van der Waals surface area contributed by atoms with Crippen LogP contribution < -0.4 is 15.4 Å². The maximum absolute atomic E-state index is 12.9. The van der Waals surface area contributed by atoms with E-state index in [0.717, 1.165) is 17.1 Å². The van der Waals surface area contributed by atoms with Crippen molar-refractivity contribution >= 4 is 23.2 Å². The lowest BCUT2D eigenvalue weighted by molar-refractivity contribution is 0.102. The van der Waals surface area contributed by atoms with Gasteiger partial charge >= 0.3 is 0 Å². The van der Waals surface area contributed by atoms with E-state index in [-0.39, 0.29) is 5.91 Å². The molecule has 0 spiro atoms. The average molecular weight is 410 g/mol. The molecular weight excluding hydrogens is 388 g/mol. The van der Waals surface area contributed by atoms with Crippen LogP contribution in [0.4, 0.5) is 17.3 Å². The van der Waals surface area contributed by atoms with E-state index in [0.29, 0.717) is 28.6 Å². The first-order valence-corrected chi connectivity index (χ1v) is 9.89. The number of nitrogens with one attached hydrogen (secondary N) is 2. The van der Waals surface area contributed by atoms with Crippen LogP contribution in [0.1, 0.15) is 21.7 Å². The van der Waals surface area contributed by atoms with Gasteiger partial charge in [-0.15, -0.1) is 0 Å². The lowest BCUT2D eigenvalue weighted by Crippen LogP contribution is -2.14. The summed E-state index contributed by atoms with van der Waals surface area (Å²) >= 11 is 0. The average Bonchev–Trinajstić information content (AvgIpc) is 2.75. The van der Waals surface area contributed by atoms with E-state index >= 15 is 0 Å². The highest BCUT2D eigenvalue weighted by atomic mass is 16.5. The second-order valence-corrected chi connectivity index (χ2v) is 7.04. The Kier molecular flexibility index (Phi) is 5.89. The SMILES string of the molecule is Cc1cc(C)nc(Nc2ccccc2C(=O)Nc2ccc(Oc3ccccc3)cc2)n1. The highest BCUT2D eigenvalue weighted by Crippen LogP contribution is 2.24. The van der Waals surface area contributed by atoms with Gasteiger partial charge in [-0.25, -0.2) is 9.97 Å². The Morgan fingerprint density at radius 1 is 0.774 bits per heavy atom. The fraction of sp³-hybridized carbons (Fsp3) is 0.0800. The molecule has 0 aliphatic heterocycles. The maximum Gasteiger partial charge on any atom is 0.257 e. The van der Waals surface area contributed by atoms with Crippen molar-refractivity contribution in [1.29, 1.82) is 0 Å². The monoisotopic (exact) mass is 410 g/mol. The molecule has 1 aromatic heterocycles. The Labute approximate surface area is 181 Å². The molecule has 31 heavy (non-hydrogen) atoms. The van der Waals surface area contributed by atoms with Crippen molar-refractivity contribution in [2.45, 2.75) is 13.8 Å². The van der Waals surface area contributed by atoms with E-state index in [1.54, 1.807) is 18.2 Å². The number of benzene rings is 3. The summed E-state index contributed by atoms with van der Waals surface area (Å²) in [5, 5.41) is 6.08. The first kappa shape index (κ1) is 20.1. The predicted molar refractivity (Wildman–Crippen MR) is 122 cm³/mol. The fourth-order valence-electron chi connectivity index (χ4n) is 3.12. The molecule has 4 rings (SSSR count). The quantitative estimate of drug-likeness (QED) is 0.415. The number of hydrogen-bond donors (Lipinski definition) is 2. The summed E-state index contributed by atoms with van der Waals surface area (Å²) < 4.78 is 5.79. The first-order chi connectivity index (χ1) is 15.1. The van der Waals surface area contributed by atoms with Crippen LogP contribution in [-0.4, -0.2) is 15.9 Å². The molecule has 0 saturated carbocycles. The number of carbonyl (C=O) groups is 1. The third-order valence-corrected chi connectivity index (χ3v) is 4.49. The van der Waals surface area contributed by atoms with E-state index in [4.69, 9.17) is 4.74 Å². The lowest BCUT2D eigenvalue weighted by Gasteiger charge is -2.12. The smallest absolute Gasteiger partial charge is 0.257 e. The summed E-state index contributed by atoms with van der Waals surface area (Å²) in [6.07, 6.45) is 0. The van der Waals surface area contributed by atoms with Crippen molar-refractivity contribution in [1.82, 2.24) is 9.97 Å². The number of rotatable bonds is 6. The Bertz CT molecular complexity index is 1170. The van der Waals surface area contributed by atoms with E-state index in [2.05, 4.69) is 20.6 Å². The first-order valence-electron chi connectivity index (χ1n) is 9.89. The van der Waals surface area contributed by atoms with Crippen LogP contribution in [0.3, 0.4) is 0 Å². The number of amides is 1. The molecule has 0 fully saturated rings. The standard InChI is InChI=1S/C25H22N4O2/c1-17-16-18(2)27-25(26-17)29-23-11-7-6-10-22(23)24(30)28-19-12-14-21(15-13-19)31-20-8-4-3-5-9-20/h3-16H,1-2H3,(H,28,30)(H,26,27,29). The van der Waals surface area contributed by atoms with Crippen molar-refractivity contribution < 1.29 is 9.53 Å². The van der Waals surface area contributed by atoms with Crippen LogP contribution in [-0.2, 0) is 0 Å². The molecule has 6 nitrogen and oxygen atoms in total. The molecule has 154 valence electrons. The van der Waals surface area contributed by atoms with Crippen LogP contribution in [0.5, 0.6) is 11.5 Å². The number of aromatic nitrogens is 2. The summed E-state index contributed by atoms with van der Waals surface area (Å²) in [6.45, 7) is 3.81. The molecule has 3 aromatic carbocycles. The summed E-state index contributed by atoms with van der Waals surface area (Å²) in [7, 11) is 0. The van der Waals surface area contributed by atoms with Gasteiger partial charge in [-0.3, -0.25) is 4.79 Å². The van der Waals surface area contributed by atoms with Gasteiger partial charge < -0.3 is 15.4 Å². The zero-order chi connectivity index (χ0) is 21.6.